The second-order valence-electron chi connectivity index (χ2n) is 3.73. The minimum atomic E-state index is -0.260. The molecule has 1 fully saturated rings. The van der Waals surface area contributed by atoms with Crippen LogP contribution in [0.15, 0.2) is 24.3 Å². The molecule has 0 N–H and O–H groups in total. The predicted octanol–water partition coefficient (Wildman–Crippen LogP) is 2.64. The van der Waals surface area contributed by atoms with Gasteiger partial charge in [-0.15, -0.1) is 0 Å². The van der Waals surface area contributed by atoms with Crippen molar-refractivity contribution in [3.05, 3.63) is 24.3 Å². The summed E-state index contributed by atoms with van der Waals surface area (Å²) >= 11 is 2.34. The molecule has 0 amide bonds. The van der Waals surface area contributed by atoms with Gasteiger partial charge < -0.3 is 9.47 Å². The summed E-state index contributed by atoms with van der Waals surface area (Å²) in [6, 6.07) is 0. The van der Waals surface area contributed by atoms with Crippen molar-refractivity contribution < 1.29 is 14.3 Å². The minimum Gasteiger partial charge on any atom is -0.462 e. The second-order valence-corrected chi connectivity index (χ2v) is 4.81. The number of hydrogen-bond donors (Lipinski definition) is 0. The van der Waals surface area contributed by atoms with Crippen LogP contribution in [0.25, 0.3) is 0 Å². The highest BCUT2D eigenvalue weighted by Gasteiger charge is 2.26. The molecule has 0 aliphatic carbocycles. The van der Waals surface area contributed by atoms with Gasteiger partial charge in [0.2, 0.25) is 0 Å². The van der Waals surface area contributed by atoms with Crippen molar-refractivity contribution in [1.82, 2.24) is 0 Å². The Bertz CT molecular complexity index is 286. The average molecular weight is 336 g/mol. The topological polar surface area (TPSA) is 35.5 Å². The third-order valence-corrected chi connectivity index (χ3v) is 2.99. The summed E-state index contributed by atoms with van der Waals surface area (Å²) in [4.78, 5) is 10.5. The predicted molar refractivity (Wildman–Crippen MR) is 71.7 cm³/mol. The fourth-order valence-electron chi connectivity index (χ4n) is 1.60. The van der Waals surface area contributed by atoms with E-state index in [1.165, 1.54) is 12.5 Å². The lowest BCUT2D eigenvalue weighted by atomic mass is 10.1. The molecule has 2 unspecified atom stereocenters. The van der Waals surface area contributed by atoms with Crippen LogP contribution in [0.2, 0.25) is 0 Å². The molecule has 90 valence electrons. The third kappa shape index (κ3) is 4.65. The highest BCUT2D eigenvalue weighted by atomic mass is 127. The van der Waals surface area contributed by atoms with Crippen LogP contribution in [0, 0.1) is 0 Å². The zero-order valence-corrected chi connectivity index (χ0v) is 11.6. The van der Waals surface area contributed by atoms with E-state index in [9.17, 15) is 4.79 Å². The molecule has 0 aromatic carbocycles. The molecule has 2 atom stereocenters. The highest BCUT2D eigenvalue weighted by Crippen LogP contribution is 2.27. The molecule has 1 aliphatic heterocycles. The Morgan fingerprint density at radius 3 is 3.12 bits per heavy atom. The standard InChI is InChI=1S/C12H17IO3/c1-9-8-11(16-12(9)5-6-13)4-3-7-15-10(2)14/h3-4,11-12H,1,5-8H2,2H3/b4-3+. The van der Waals surface area contributed by atoms with E-state index in [0.717, 1.165) is 17.3 Å². The Morgan fingerprint density at radius 2 is 2.50 bits per heavy atom. The van der Waals surface area contributed by atoms with Gasteiger partial charge in [-0.2, -0.15) is 0 Å². The maximum Gasteiger partial charge on any atom is 0.302 e. The van der Waals surface area contributed by atoms with E-state index < -0.39 is 0 Å². The SMILES string of the molecule is C=C1CC(/C=C/COC(C)=O)OC1CCI. The van der Waals surface area contributed by atoms with E-state index in [1.54, 1.807) is 0 Å². The molecule has 0 saturated carbocycles. The van der Waals surface area contributed by atoms with Crippen LogP contribution < -0.4 is 0 Å². The number of halogens is 1. The second kappa shape index (κ2) is 7.06. The van der Waals surface area contributed by atoms with Gasteiger partial charge in [0.15, 0.2) is 0 Å². The molecule has 3 nitrogen and oxygen atoms in total. The summed E-state index contributed by atoms with van der Waals surface area (Å²) in [5, 5.41) is 0. The van der Waals surface area contributed by atoms with Crippen molar-refractivity contribution in [3.63, 3.8) is 0 Å². The van der Waals surface area contributed by atoms with Gasteiger partial charge in [0.1, 0.15) is 6.61 Å². The Kier molecular flexibility index (Phi) is 6.05. The summed E-state index contributed by atoms with van der Waals surface area (Å²) in [6.45, 7) is 5.73. The molecule has 0 aromatic heterocycles. The number of hydrogen-bond acceptors (Lipinski definition) is 3. The molecule has 1 saturated heterocycles. The van der Waals surface area contributed by atoms with E-state index in [0.29, 0.717) is 6.61 Å². The zero-order valence-electron chi connectivity index (χ0n) is 9.45. The summed E-state index contributed by atoms with van der Waals surface area (Å²) in [6.07, 6.45) is 5.95. The Hall–Kier alpha value is -0.360. The molecule has 0 spiro atoms. The van der Waals surface area contributed by atoms with Gasteiger partial charge in [0.05, 0.1) is 12.2 Å². The monoisotopic (exact) mass is 336 g/mol. The molecule has 1 rings (SSSR count). The first-order valence-corrected chi connectivity index (χ1v) is 6.85. The van der Waals surface area contributed by atoms with Crippen molar-refractivity contribution >= 4 is 28.6 Å². The van der Waals surface area contributed by atoms with Crippen molar-refractivity contribution in [2.24, 2.45) is 0 Å². The third-order valence-electron chi connectivity index (χ3n) is 2.36. The zero-order chi connectivity index (χ0) is 12.0. The van der Waals surface area contributed by atoms with Gasteiger partial charge in [-0.25, -0.2) is 0 Å². The Morgan fingerprint density at radius 1 is 1.75 bits per heavy atom. The summed E-state index contributed by atoms with van der Waals surface area (Å²) in [7, 11) is 0. The van der Waals surface area contributed by atoms with Crippen LogP contribution in [0.3, 0.4) is 0 Å². The van der Waals surface area contributed by atoms with Crippen LogP contribution in [0.5, 0.6) is 0 Å². The largest absolute Gasteiger partial charge is 0.462 e. The first-order valence-electron chi connectivity index (χ1n) is 5.32. The van der Waals surface area contributed by atoms with Crippen molar-refractivity contribution in [1.29, 1.82) is 0 Å². The van der Waals surface area contributed by atoms with E-state index in [4.69, 9.17) is 9.47 Å². The Labute approximate surface area is 110 Å². The number of rotatable bonds is 5. The maximum atomic E-state index is 10.5. The smallest absolute Gasteiger partial charge is 0.302 e. The number of ether oxygens (including phenoxy) is 2. The van der Waals surface area contributed by atoms with Gasteiger partial charge in [-0.05, 0) is 18.1 Å². The molecule has 1 heterocycles. The number of carbonyl (C=O) groups is 1. The van der Waals surface area contributed by atoms with Gasteiger partial charge in [0, 0.05) is 17.8 Å². The summed E-state index contributed by atoms with van der Waals surface area (Å²) < 4.78 is 11.7. The first kappa shape index (κ1) is 13.7. The average Bonchev–Trinajstić information content (AvgIpc) is 2.55. The van der Waals surface area contributed by atoms with Gasteiger partial charge >= 0.3 is 5.97 Å². The van der Waals surface area contributed by atoms with Crippen molar-refractivity contribution in [2.75, 3.05) is 11.0 Å². The normalized spacial score (nSPS) is 25.2. The van der Waals surface area contributed by atoms with Crippen LogP contribution in [-0.2, 0) is 14.3 Å². The molecular formula is C12H17IO3. The Balaban J connectivity index is 2.29. The molecule has 1 aliphatic rings. The maximum absolute atomic E-state index is 10.5. The minimum absolute atomic E-state index is 0.0935. The fourth-order valence-corrected chi connectivity index (χ4v) is 2.17. The number of carbonyl (C=O) groups excluding carboxylic acids is 1. The first-order chi connectivity index (χ1) is 7.63. The van der Waals surface area contributed by atoms with Crippen LogP contribution in [0.4, 0.5) is 0 Å². The number of esters is 1. The molecule has 0 aromatic rings. The molecule has 16 heavy (non-hydrogen) atoms. The number of alkyl halides is 1. The van der Waals surface area contributed by atoms with Crippen LogP contribution >= 0.6 is 22.6 Å². The van der Waals surface area contributed by atoms with Gasteiger partial charge in [-0.1, -0.05) is 35.2 Å². The van der Waals surface area contributed by atoms with Crippen molar-refractivity contribution in [3.8, 4) is 0 Å². The lowest BCUT2D eigenvalue weighted by molar-refractivity contribution is -0.139. The highest BCUT2D eigenvalue weighted by molar-refractivity contribution is 14.1. The van der Waals surface area contributed by atoms with E-state index in [1.807, 2.05) is 12.2 Å². The quantitative estimate of drug-likeness (QED) is 0.335. The summed E-state index contributed by atoms with van der Waals surface area (Å²) in [5.41, 5.74) is 1.17. The molecular weight excluding hydrogens is 319 g/mol. The lowest BCUT2D eigenvalue weighted by Crippen LogP contribution is -2.10. The molecule has 4 heteroatoms. The fraction of sp³-hybridized carbons (Fsp3) is 0.583. The van der Waals surface area contributed by atoms with Gasteiger partial charge in [0.25, 0.3) is 0 Å². The van der Waals surface area contributed by atoms with E-state index in [-0.39, 0.29) is 18.2 Å². The van der Waals surface area contributed by atoms with Gasteiger partial charge in [-0.3, -0.25) is 4.79 Å². The summed E-state index contributed by atoms with van der Waals surface area (Å²) in [5.74, 6) is -0.260. The lowest BCUT2D eigenvalue weighted by Gasteiger charge is -2.09. The van der Waals surface area contributed by atoms with Crippen LogP contribution in [-0.4, -0.2) is 29.2 Å². The van der Waals surface area contributed by atoms with E-state index in [2.05, 4.69) is 29.2 Å². The molecule has 0 bridgehead atoms. The van der Waals surface area contributed by atoms with E-state index >= 15 is 0 Å². The van der Waals surface area contributed by atoms with Crippen molar-refractivity contribution in [2.45, 2.75) is 32.0 Å². The van der Waals surface area contributed by atoms with Crippen LogP contribution in [0.1, 0.15) is 19.8 Å². The molecule has 0 radical (unpaired) electrons.